The normalized spacial score (nSPS) is 20.8. The van der Waals surface area contributed by atoms with E-state index in [0.29, 0.717) is 42.4 Å². The van der Waals surface area contributed by atoms with Gasteiger partial charge in [0, 0.05) is 35.0 Å². The number of piperidine rings is 1. The third-order valence-corrected chi connectivity index (χ3v) is 7.39. The molecule has 184 valence electrons. The molecule has 1 aliphatic heterocycles. The lowest BCUT2D eigenvalue weighted by atomic mass is 9.66. The molecular weight excluding hydrogens is 471 g/mol. The van der Waals surface area contributed by atoms with Crippen LogP contribution >= 0.6 is 23.2 Å². The predicted octanol–water partition coefficient (Wildman–Crippen LogP) is 5.21. The van der Waals surface area contributed by atoms with Gasteiger partial charge in [0.25, 0.3) is 0 Å². The molecule has 7 heteroatoms. The van der Waals surface area contributed by atoms with Gasteiger partial charge in [-0.1, -0.05) is 75.2 Å². The number of rotatable bonds is 7. The third kappa shape index (κ3) is 5.94. The summed E-state index contributed by atoms with van der Waals surface area (Å²) in [5.41, 5.74) is 0.148. The maximum Gasteiger partial charge on any atom is 0.245 e. The Balaban J connectivity index is 1.65. The maximum absolute atomic E-state index is 13.5. The summed E-state index contributed by atoms with van der Waals surface area (Å²) in [5, 5.41) is 15.8. The number of aliphatic hydroxyl groups is 1. The molecule has 1 fully saturated rings. The van der Waals surface area contributed by atoms with E-state index in [9.17, 15) is 14.7 Å². The van der Waals surface area contributed by atoms with Crippen molar-refractivity contribution in [3.05, 3.63) is 69.7 Å². The van der Waals surface area contributed by atoms with Crippen molar-refractivity contribution in [3.63, 3.8) is 0 Å². The van der Waals surface area contributed by atoms with Crippen LogP contribution in [0.4, 0.5) is 0 Å². The quantitative estimate of drug-likeness (QED) is 0.543. The van der Waals surface area contributed by atoms with Crippen LogP contribution in [0.2, 0.25) is 10.0 Å². The van der Waals surface area contributed by atoms with Gasteiger partial charge in [-0.2, -0.15) is 0 Å². The van der Waals surface area contributed by atoms with E-state index >= 15 is 0 Å². The molecule has 1 heterocycles. The zero-order valence-corrected chi connectivity index (χ0v) is 21.8. The first kappa shape index (κ1) is 26.5. The number of hydrogen-bond donors (Lipinski definition) is 2. The largest absolute Gasteiger partial charge is 0.384 e. The molecule has 0 radical (unpaired) electrons. The summed E-state index contributed by atoms with van der Waals surface area (Å²) in [6.45, 7) is 8.59. The zero-order valence-electron chi connectivity index (χ0n) is 20.3. The average molecular weight is 505 g/mol. The highest BCUT2D eigenvalue weighted by Crippen LogP contribution is 2.46. The first-order valence-corrected chi connectivity index (χ1v) is 12.5. The number of nitrogens with one attached hydrogen (secondary N) is 1. The average Bonchev–Trinajstić information content (AvgIpc) is 2.78. The highest BCUT2D eigenvalue weighted by Gasteiger charge is 2.50. The van der Waals surface area contributed by atoms with E-state index in [2.05, 4.69) is 5.32 Å². The lowest BCUT2D eigenvalue weighted by Gasteiger charge is -2.51. The Kier molecular flexibility index (Phi) is 8.33. The molecule has 0 aliphatic carbocycles. The molecule has 0 bridgehead atoms. The van der Waals surface area contributed by atoms with Crippen LogP contribution in [0.25, 0.3) is 0 Å². The summed E-state index contributed by atoms with van der Waals surface area (Å²) in [6.07, 6.45) is 1.27. The molecule has 2 amide bonds. The van der Waals surface area contributed by atoms with Gasteiger partial charge in [0.1, 0.15) is 6.04 Å². The fourth-order valence-corrected chi connectivity index (χ4v) is 4.89. The summed E-state index contributed by atoms with van der Waals surface area (Å²) in [4.78, 5) is 27.9. The van der Waals surface area contributed by atoms with Crippen LogP contribution in [0.5, 0.6) is 0 Å². The van der Waals surface area contributed by atoms with E-state index in [1.807, 2.05) is 52.0 Å². The van der Waals surface area contributed by atoms with E-state index in [0.717, 1.165) is 11.1 Å². The first-order chi connectivity index (χ1) is 15.9. The topological polar surface area (TPSA) is 69.6 Å². The van der Waals surface area contributed by atoms with Crippen LogP contribution in [-0.2, 0) is 21.6 Å². The molecule has 2 atom stereocenters. The summed E-state index contributed by atoms with van der Waals surface area (Å²) in [7, 11) is 0. The first-order valence-electron chi connectivity index (χ1n) is 11.7. The van der Waals surface area contributed by atoms with Crippen molar-refractivity contribution in [2.24, 2.45) is 11.3 Å². The van der Waals surface area contributed by atoms with Gasteiger partial charge >= 0.3 is 0 Å². The minimum Gasteiger partial charge on any atom is -0.384 e. The van der Waals surface area contributed by atoms with E-state index < -0.39 is 17.1 Å². The Bertz CT molecular complexity index is 1010. The Labute approximate surface area is 212 Å². The maximum atomic E-state index is 13.5. The summed E-state index contributed by atoms with van der Waals surface area (Å²) >= 11 is 11.9. The van der Waals surface area contributed by atoms with Gasteiger partial charge in [0.05, 0.1) is 5.60 Å². The van der Waals surface area contributed by atoms with Crippen molar-refractivity contribution < 1.29 is 14.7 Å². The van der Waals surface area contributed by atoms with Gasteiger partial charge in [0.15, 0.2) is 0 Å². The van der Waals surface area contributed by atoms with Crippen molar-refractivity contribution in [2.75, 3.05) is 13.1 Å². The molecule has 3 rings (SSSR count). The van der Waals surface area contributed by atoms with Gasteiger partial charge in [-0.25, -0.2) is 0 Å². The van der Waals surface area contributed by atoms with Gasteiger partial charge in [-0.05, 0) is 54.2 Å². The van der Waals surface area contributed by atoms with Crippen LogP contribution < -0.4 is 5.32 Å². The van der Waals surface area contributed by atoms with Crippen LogP contribution in [0.15, 0.2) is 48.5 Å². The molecule has 34 heavy (non-hydrogen) atoms. The van der Waals surface area contributed by atoms with Crippen molar-refractivity contribution in [2.45, 2.75) is 58.6 Å². The highest BCUT2D eigenvalue weighted by molar-refractivity contribution is 6.30. The second kappa shape index (κ2) is 10.7. The number of amides is 2. The fourth-order valence-electron chi connectivity index (χ4n) is 4.64. The number of aryl methyl sites for hydroxylation is 1. The van der Waals surface area contributed by atoms with Crippen molar-refractivity contribution in [1.29, 1.82) is 0 Å². The van der Waals surface area contributed by atoms with E-state index in [4.69, 9.17) is 23.2 Å². The number of halogens is 2. The third-order valence-electron chi connectivity index (χ3n) is 6.89. The molecule has 2 aromatic carbocycles. The van der Waals surface area contributed by atoms with Gasteiger partial charge < -0.3 is 15.3 Å². The van der Waals surface area contributed by atoms with Crippen LogP contribution in [0.3, 0.4) is 0 Å². The number of carbonyl (C=O) groups excluding carboxylic acids is 2. The molecule has 0 aromatic heterocycles. The lowest BCUT2D eigenvalue weighted by molar-refractivity contribution is -0.156. The molecule has 2 N–H and O–H groups in total. The molecule has 1 saturated heterocycles. The van der Waals surface area contributed by atoms with Crippen molar-refractivity contribution in [3.8, 4) is 0 Å². The lowest BCUT2D eigenvalue weighted by Crippen LogP contribution is -2.60. The predicted molar refractivity (Wildman–Crippen MR) is 137 cm³/mol. The summed E-state index contributed by atoms with van der Waals surface area (Å²) in [6, 6.07) is 14.0. The SMILES string of the molecule is CC(C)[C@@H](NC(=O)CCc1ccc(Cl)cc1)C(=O)N1CC[C@](O)(c2ccc(Cl)cc2)C(C)(C)C1. The molecule has 0 spiro atoms. The van der Waals surface area contributed by atoms with Crippen LogP contribution in [0, 0.1) is 11.3 Å². The Hall–Kier alpha value is -2.08. The van der Waals surface area contributed by atoms with Gasteiger partial charge in [0.2, 0.25) is 11.8 Å². The molecule has 0 saturated carbocycles. The van der Waals surface area contributed by atoms with Crippen molar-refractivity contribution >= 4 is 35.0 Å². The van der Waals surface area contributed by atoms with E-state index in [-0.39, 0.29) is 17.7 Å². The van der Waals surface area contributed by atoms with Gasteiger partial charge in [-0.15, -0.1) is 0 Å². The van der Waals surface area contributed by atoms with Crippen molar-refractivity contribution in [1.82, 2.24) is 10.2 Å². The molecule has 0 unspecified atom stereocenters. The minimum atomic E-state index is -1.08. The molecule has 1 aliphatic rings. The fraction of sp³-hybridized carbons (Fsp3) is 0.481. The number of benzene rings is 2. The number of hydrogen-bond acceptors (Lipinski definition) is 3. The van der Waals surface area contributed by atoms with Gasteiger partial charge in [-0.3, -0.25) is 9.59 Å². The highest BCUT2D eigenvalue weighted by atomic mass is 35.5. The monoisotopic (exact) mass is 504 g/mol. The Morgan fingerprint density at radius 3 is 2.12 bits per heavy atom. The number of nitrogens with zero attached hydrogens (tertiary/aromatic N) is 1. The van der Waals surface area contributed by atoms with E-state index in [1.54, 1.807) is 29.2 Å². The number of likely N-dealkylation sites (tertiary alicyclic amines) is 1. The standard InChI is InChI=1S/C27H34Cl2N2O3/c1-18(2)24(30-23(32)14-7-19-5-10-21(28)11-6-19)25(33)31-16-15-27(34,26(3,4)17-31)20-8-12-22(29)13-9-20/h5-6,8-13,18,24,34H,7,14-17H2,1-4H3,(H,30,32)/t24-,27+/m1/s1. The second-order valence-corrected chi connectivity index (χ2v) is 11.0. The summed E-state index contributed by atoms with van der Waals surface area (Å²) in [5.74, 6) is -0.329. The molecule has 2 aromatic rings. The van der Waals surface area contributed by atoms with E-state index in [1.165, 1.54) is 0 Å². The van der Waals surface area contributed by atoms with Crippen LogP contribution in [-0.4, -0.2) is 41.0 Å². The number of carbonyl (C=O) groups is 2. The second-order valence-electron chi connectivity index (χ2n) is 10.2. The zero-order chi connectivity index (χ0) is 25.1. The Morgan fingerprint density at radius 1 is 1.03 bits per heavy atom. The summed E-state index contributed by atoms with van der Waals surface area (Å²) < 4.78 is 0. The van der Waals surface area contributed by atoms with Crippen LogP contribution in [0.1, 0.15) is 51.7 Å². The minimum absolute atomic E-state index is 0.0628. The molecule has 5 nitrogen and oxygen atoms in total. The molecular formula is C27H34Cl2N2O3. The Morgan fingerprint density at radius 2 is 1.59 bits per heavy atom. The smallest absolute Gasteiger partial charge is 0.245 e.